The Labute approximate surface area is 135 Å². The van der Waals surface area contributed by atoms with Crippen molar-refractivity contribution in [2.75, 3.05) is 13.2 Å². The second kappa shape index (κ2) is 7.24. The summed E-state index contributed by atoms with van der Waals surface area (Å²) in [7, 11) is 0. The molecule has 0 radical (unpaired) electrons. The van der Waals surface area contributed by atoms with Crippen molar-refractivity contribution >= 4 is 10.8 Å². The maximum atomic E-state index is 5.97. The Bertz CT molecular complexity index is 770. The van der Waals surface area contributed by atoms with E-state index in [1.54, 1.807) is 0 Å². The van der Waals surface area contributed by atoms with Crippen molar-refractivity contribution in [1.82, 2.24) is 15.2 Å². The molecule has 1 atom stereocenters. The molecule has 0 fully saturated rings. The van der Waals surface area contributed by atoms with Crippen LogP contribution in [0.4, 0.5) is 0 Å². The molecule has 23 heavy (non-hydrogen) atoms. The molecule has 0 saturated carbocycles. The first-order chi connectivity index (χ1) is 11.3. The molecule has 0 saturated heterocycles. The van der Waals surface area contributed by atoms with Gasteiger partial charge < -0.3 is 9.47 Å². The number of aromatic nitrogens is 3. The fraction of sp³-hybridized carbons (Fsp3) is 0.333. The maximum Gasteiger partial charge on any atom is 0.191 e. The average Bonchev–Trinajstić information content (AvgIpc) is 3.04. The molecule has 1 aromatic heterocycles. The molecule has 0 aliphatic heterocycles. The van der Waals surface area contributed by atoms with Crippen LogP contribution in [0.1, 0.15) is 31.6 Å². The van der Waals surface area contributed by atoms with Gasteiger partial charge in [-0.05, 0) is 36.8 Å². The fourth-order valence-electron chi connectivity index (χ4n) is 2.41. The normalized spacial score (nSPS) is 12.4. The van der Waals surface area contributed by atoms with Crippen LogP contribution in [0.3, 0.4) is 0 Å². The van der Waals surface area contributed by atoms with Gasteiger partial charge in [0.15, 0.2) is 11.9 Å². The van der Waals surface area contributed by atoms with Gasteiger partial charge in [0.05, 0.1) is 6.61 Å². The summed E-state index contributed by atoms with van der Waals surface area (Å²) in [5.74, 6) is 2.30. The Morgan fingerprint density at radius 2 is 1.96 bits per heavy atom. The lowest BCUT2D eigenvalue weighted by molar-refractivity contribution is 0.149. The number of ether oxygens (including phenoxy) is 2. The largest absolute Gasteiger partial charge is 0.483 e. The molecular weight excluding hydrogens is 290 g/mol. The van der Waals surface area contributed by atoms with Crippen molar-refractivity contribution in [1.29, 1.82) is 0 Å². The number of hydrogen-bond donors (Lipinski definition) is 1. The van der Waals surface area contributed by atoms with E-state index in [0.717, 1.165) is 23.4 Å². The van der Waals surface area contributed by atoms with Crippen molar-refractivity contribution in [3.05, 3.63) is 54.1 Å². The number of aromatic amines is 1. The van der Waals surface area contributed by atoms with Crippen molar-refractivity contribution in [2.45, 2.75) is 26.4 Å². The predicted octanol–water partition coefficient (Wildman–Crippen LogP) is 3.68. The molecule has 0 aliphatic carbocycles. The molecular formula is C18H21N3O2. The Hall–Kier alpha value is -2.40. The van der Waals surface area contributed by atoms with Gasteiger partial charge in [0.2, 0.25) is 0 Å². The van der Waals surface area contributed by atoms with Gasteiger partial charge in [-0.1, -0.05) is 30.3 Å². The molecule has 0 spiro atoms. The van der Waals surface area contributed by atoms with E-state index in [1.165, 1.54) is 5.39 Å². The van der Waals surface area contributed by atoms with E-state index in [4.69, 9.17) is 9.47 Å². The van der Waals surface area contributed by atoms with E-state index in [-0.39, 0.29) is 6.10 Å². The van der Waals surface area contributed by atoms with Gasteiger partial charge in [0, 0.05) is 13.0 Å². The van der Waals surface area contributed by atoms with E-state index >= 15 is 0 Å². The molecule has 120 valence electrons. The van der Waals surface area contributed by atoms with E-state index in [0.29, 0.717) is 19.0 Å². The quantitative estimate of drug-likeness (QED) is 0.676. The Morgan fingerprint density at radius 3 is 2.78 bits per heavy atom. The first kappa shape index (κ1) is 15.5. The second-order valence-corrected chi connectivity index (χ2v) is 5.36. The molecule has 0 bridgehead atoms. The van der Waals surface area contributed by atoms with Crippen LogP contribution in [0.2, 0.25) is 0 Å². The second-order valence-electron chi connectivity index (χ2n) is 5.36. The molecule has 2 aromatic carbocycles. The van der Waals surface area contributed by atoms with Crippen molar-refractivity contribution in [2.24, 2.45) is 0 Å². The van der Waals surface area contributed by atoms with Crippen LogP contribution in [0.15, 0.2) is 42.5 Å². The van der Waals surface area contributed by atoms with E-state index in [2.05, 4.69) is 33.4 Å². The number of benzene rings is 2. The third-order valence-electron chi connectivity index (χ3n) is 3.63. The topological polar surface area (TPSA) is 60.0 Å². The van der Waals surface area contributed by atoms with Gasteiger partial charge in [-0.15, -0.1) is 0 Å². The van der Waals surface area contributed by atoms with Crippen molar-refractivity contribution < 1.29 is 9.47 Å². The summed E-state index contributed by atoms with van der Waals surface area (Å²) in [6.45, 7) is 5.28. The summed E-state index contributed by atoms with van der Waals surface area (Å²) in [4.78, 5) is 4.47. The van der Waals surface area contributed by atoms with Gasteiger partial charge >= 0.3 is 0 Å². The minimum absolute atomic E-state index is 0.215. The van der Waals surface area contributed by atoms with E-state index in [1.807, 2.05) is 38.1 Å². The molecule has 1 N–H and O–H groups in total. The highest BCUT2D eigenvalue weighted by Gasteiger charge is 2.13. The minimum Gasteiger partial charge on any atom is -0.483 e. The summed E-state index contributed by atoms with van der Waals surface area (Å²) < 4.78 is 11.3. The molecule has 5 heteroatoms. The lowest BCUT2D eigenvalue weighted by atomic mass is 10.1. The Kier molecular flexibility index (Phi) is 4.88. The van der Waals surface area contributed by atoms with Crippen LogP contribution in [0.25, 0.3) is 10.8 Å². The number of H-pyrrole nitrogens is 1. The number of nitrogens with zero attached hydrogens (tertiary/aromatic N) is 2. The standard InChI is InChI=1S/C18H21N3O2/c1-3-22-11-10-17-19-18(21-20-17)13(2)23-16-9-8-14-6-4-5-7-15(14)12-16/h4-9,12-13H,3,10-11H2,1-2H3,(H,19,20,21). The van der Waals surface area contributed by atoms with Crippen LogP contribution in [0, 0.1) is 0 Å². The SMILES string of the molecule is CCOCCc1nc(C(C)Oc2ccc3ccccc3c2)n[nH]1. The number of fused-ring (bicyclic) bond motifs is 1. The Morgan fingerprint density at radius 1 is 1.13 bits per heavy atom. The smallest absolute Gasteiger partial charge is 0.191 e. The summed E-state index contributed by atoms with van der Waals surface area (Å²) in [6, 6.07) is 14.3. The number of rotatable bonds is 7. The van der Waals surface area contributed by atoms with Gasteiger partial charge in [0.1, 0.15) is 11.6 Å². The molecule has 3 aromatic rings. The van der Waals surface area contributed by atoms with Crippen LogP contribution in [-0.2, 0) is 11.2 Å². The minimum atomic E-state index is -0.215. The van der Waals surface area contributed by atoms with Crippen LogP contribution < -0.4 is 4.74 Å². The maximum absolute atomic E-state index is 5.97. The highest BCUT2D eigenvalue weighted by atomic mass is 16.5. The van der Waals surface area contributed by atoms with Gasteiger partial charge in [0.25, 0.3) is 0 Å². The van der Waals surface area contributed by atoms with Crippen LogP contribution >= 0.6 is 0 Å². The monoisotopic (exact) mass is 311 g/mol. The third kappa shape index (κ3) is 3.87. The van der Waals surface area contributed by atoms with Crippen LogP contribution in [-0.4, -0.2) is 28.4 Å². The molecule has 0 aliphatic rings. The van der Waals surface area contributed by atoms with Crippen molar-refractivity contribution in [3.8, 4) is 5.75 Å². The number of hydrogen-bond acceptors (Lipinski definition) is 4. The van der Waals surface area contributed by atoms with E-state index < -0.39 is 0 Å². The summed E-state index contributed by atoms with van der Waals surface area (Å²) in [5, 5.41) is 9.53. The van der Waals surface area contributed by atoms with Gasteiger partial charge in [-0.2, -0.15) is 5.10 Å². The zero-order valence-electron chi connectivity index (χ0n) is 13.5. The zero-order chi connectivity index (χ0) is 16.1. The average molecular weight is 311 g/mol. The highest BCUT2D eigenvalue weighted by molar-refractivity contribution is 5.83. The molecule has 1 heterocycles. The van der Waals surface area contributed by atoms with Gasteiger partial charge in [-0.25, -0.2) is 4.98 Å². The molecule has 0 amide bonds. The third-order valence-corrected chi connectivity index (χ3v) is 3.63. The fourth-order valence-corrected chi connectivity index (χ4v) is 2.41. The van der Waals surface area contributed by atoms with Crippen molar-refractivity contribution in [3.63, 3.8) is 0 Å². The predicted molar refractivity (Wildman–Crippen MR) is 89.6 cm³/mol. The molecule has 5 nitrogen and oxygen atoms in total. The Balaban J connectivity index is 1.66. The first-order valence-electron chi connectivity index (χ1n) is 7.90. The van der Waals surface area contributed by atoms with E-state index in [9.17, 15) is 0 Å². The molecule has 3 rings (SSSR count). The first-order valence-corrected chi connectivity index (χ1v) is 7.90. The molecule has 1 unspecified atom stereocenters. The number of nitrogens with one attached hydrogen (secondary N) is 1. The van der Waals surface area contributed by atoms with Crippen LogP contribution in [0.5, 0.6) is 5.75 Å². The summed E-state index contributed by atoms with van der Waals surface area (Å²) in [5.41, 5.74) is 0. The lowest BCUT2D eigenvalue weighted by Crippen LogP contribution is -2.05. The summed E-state index contributed by atoms with van der Waals surface area (Å²) >= 11 is 0. The van der Waals surface area contributed by atoms with Gasteiger partial charge in [-0.3, -0.25) is 5.10 Å². The lowest BCUT2D eigenvalue weighted by Gasteiger charge is -2.12. The summed E-state index contributed by atoms with van der Waals surface area (Å²) in [6.07, 6.45) is 0.511. The highest BCUT2D eigenvalue weighted by Crippen LogP contribution is 2.24. The zero-order valence-corrected chi connectivity index (χ0v) is 13.5.